The SMILES string of the molecule is COCc1ccc(CN2CCC([C@H](O)C(=O)NC3CC3)CC2)cc1. The fourth-order valence-electron chi connectivity index (χ4n) is 3.32. The van der Waals surface area contributed by atoms with Crippen molar-refractivity contribution in [2.24, 2.45) is 5.92 Å². The third-order valence-electron chi connectivity index (χ3n) is 5.01. The third-order valence-corrected chi connectivity index (χ3v) is 5.01. The van der Waals surface area contributed by atoms with E-state index in [1.807, 2.05) is 0 Å². The number of rotatable bonds is 7. The number of nitrogens with zero attached hydrogens (tertiary/aromatic N) is 1. The second-order valence-electron chi connectivity index (χ2n) is 7.09. The van der Waals surface area contributed by atoms with Gasteiger partial charge >= 0.3 is 0 Å². The molecular weight excluding hydrogens is 304 g/mol. The number of piperidine rings is 1. The first-order chi connectivity index (χ1) is 11.7. The Morgan fingerprint density at radius 3 is 2.42 bits per heavy atom. The van der Waals surface area contributed by atoms with Crippen molar-refractivity contribution in [2.75, 3.05) is 20.2 Å². The summed E-state index contributed by atoms with van der Waals surface area (Å²) in [4.78, 5) is 14.4. The van der Waals surface area contributed by atoms with Crippen LogP contribution >= 0.6 is 0 Å². The average molecular weight is 332 g/mol. The lowest BCUT2D eigenvalue weighted by molar-refractivity contribution is -0.133. The fourth-order valence-corrected chi connectivity index (χ4v) is 3.32. The first-order valence-corrected chi connectivity index (χ1v) is 8.93. The predicted octanol–water partition coefficient (Wildman–Crippen LogP) is 1.68. The highest BCUT2D eigenvalue weighted by atomic mass is 16.5. The molecule has 1 amide bonds. The van der Waals surface area contributed by atoms with Gasteiger partial charge in [-0.3, -0.25) is 9.69 Å². The van der Waals surface area contributed by atoms with E-state index in [2.05, 4.69) is 34.5 Å². The smallest absolute Gasteiger partial charge is 0.249 e. The van der Waals surface area contributed by atoms with Crippen molar-refractivity contribution in [1.29, 1.82) is 0 Å². The largest absolute Gasteiger partial charge is 0.383 e. The second kappa shape index (κ2) is 8.10. The van der Waals surface area contributed by atoms with E-state index < -0.39 is 6.10 Å². The molecule has 24 heavy (non-hydrogen) atoms. The molecule has 1 heterocycles. The van der Waals surface area contributed by atoms with E-state index in [1.165, 1.54) is 11.1 Å². The summed E-state index contributed by atoms with van der Waals surface area (Å²) in [5.41, 5.74) is 2.48. The molecule has 1 atom stereocenters. The zero-order valence-corrected chi connectivity index (χ0v) is 14.4. The van der Waals surface area contributed by atoms with E-state index in [0.717, 1.165) is 45.3 Å². The minimum atomic E-state index is -0.846. The summed E-state index contributed by atoms with van der Waals surface area (Å²) in [6.07, 6.45) is 3.02. The topological polar surface area (TPSA) is 61.8 Å². The standard InChI is InChI=1S/C19H28N2O3/c1-24-13-15-4-2-14(3-5-15)12-21-10-8-16(9-11-21)18(22)19(23)20-17-6-7-17/h2-5,16-18,22H,6-13H2,1H3,(H,20,23)/t18-/m0/s1. The average Bonchev–Trinajstić information content (AvgIpc) is 3.41. The summed E-state index contributed by atoms with van der Waals surface area (Å²) >= 11 is 0. The lowest BCUT2D eigenvalue weighted by atomic mass is 9.90. The Labute approximate surface area is 144 Å². The Hall–Kier alpha value is -1.43. The van der Waals surface area contributed by atoms with Crippen LogP contribution in [0.15, 0.2) is 24.3 Å². The number of hydrogen-bond acceptors (Lipinski definition) is 4. The Morgan fingerprint density at radius 2 is 1.83 bits per heavy atom. The van der Waals surface area contributed by atoms with Crippen molar-refractivity contribution in [3.8, 4) is 0 Å². The monoisotopic (exact) mass is 332 g/mol. The van der Waals surface area contributed by atoms with Crippen LogP contribution < -0.4 is 5.32 Å². The van der Waals surface area contributed by atoms with Gasteiger partial charge in [0.05, 0.1) is 6.61 Å². The highest BCUT2D eigenvalue weighted by Crippen LogP contribution is 2.24. The first-order valence-electron chi connectivity index (χ1n) is 8.93. The zero-order chi connectivity index (χ0) is 16.9. The molecule has 132 valence electrons. The van der Waals surface area contributed by atoms with E-state index in [-0.39, 0.29) is 11.8 Å². The molecule has 0 spiro atoms. The van der Waals surface area contributed by atoms with Crippen LogP contribution in [0.5, 0.6) is 0 Å². The molecule has 1 aliphatic heterocycles. The van der Waals surface area contributed by atoms with Crippen molar-refractivity contribution in [3.05, 3.63) is 35.4 Å². The number of ether oxygens (including phenoxy) is 1. The van der Waals surface area contributed by atoms with Gasteiger partial charge in [-0.15, -0.1) is 0 Å². The number of aliphatic hydroxyl groups excluding tert-OH is 1. The summed E-state index contributed by atoms with van der Waals surface area (Å²) in [6.45, 7) is 3.42. The summed E-state index contributed by atoms with van der Waals surface area (Å²) in [5.74, 6) is -0.0891. The van der Waals surface area contributed by atoms with Crippen molar-refractivity contribution in [3.63, 3.8) is 0 Å². The lowest BCUT2D eigenvalue weighted by Gasteiger charge is -2.33. The Bertz CT molecular complexity index is 534. The quantitative estimate of drug-likeness (QED) is 0.798. The normalized spacial score (nSPS) is 20.8. The Morgan fingerprint density at radius 1 is 1.21 bits per heavy atom. The number of carbonyl (C=O) groups excluding carboxylic acids is 1. The second-order valence-corrected chi connectivity index (χ2v) is 7.09. The van der Waals surface area contributed by atoms with Crippen LogP contribution in [0.3, 0.4) is 0 Å². The number of carbonyl (C=O) groups is 1. The van der Waals surface area contributed by atoms with Gasteiger partial charge in [0.1, 0.15) is 6.10 Å². The van der Waals surface area contributed by atoms with E-state index in [0.29, 0.717) is 12.6 Å². The van der Waals surface area contributed by atoms with E-state index in [4.69, 9.17) is 4.74 Å². The zero-order valence-electron chi connectivity index (χ0n) is 14.4. The summed E-state index contributed by atoms with van der Waals surface area (Å²) in [7, 11) is 1.71. The van der Waals surface area contributed by atoms with Crippen LogP contribution in [0, 0.1) is 5.92 Å². The predicted molar refractivity (Wildman–Crippen MR) is 92.3 cm³/mol. The molecule has 1 saturated carbocycles. The molecule has 3 rings (SSSR count). The molecule has 0 aromatic heterocycles. The van der Waals surface area contributed by atoms with Gasteiger partial charge in [0, 0.05) is 19.7 Å². The summed E-state index contributed by atoms with van der Waals surface area (Å²) in [6, 6.07) is 8.83. The minimum Gasteiger partial charge on any atom is -0.383 e. The Balaban J connectivity index is 1.43. The highest BCUT2D eigenvalue weighted by molar-refractivity contribution is 5.81. The molecule has 2 N–H and O–H groups in total. The maximum Gasteiger partial charge on any atom is 0.249 e. The molecular formula is C19H28N2O3. The molecule has 0 bridgehead atoms. The van der Waals surface area contributed by atoms with Gasteiger partial charge in [-0.2, -0.15) is 0 Å². The highest BCUT2D eigenvalue weighted by Gasteiger charge is 2.32. The lowest BCUT2D eigenvalue weighted by Crippen LogP contribution is -2.44. The van der Waals surface area contributed by atoms with Crippen LogP contribution in [0.1, 0.15) is 36.8 Å². The molecule has 1 saturated heterocycles. The minimum absolute atomic E-state index is 0.0871. The molecule has 1 aromatic carbocycles. The maximum atomic E-state index is 12.0. The number of hydrogen-bond donors (Lipinski definition) is 2. The number of methoxy groups -OCH3 is 1. The van der Waals surface area contributed by atoms with Gasteiger partial charge in [0.2, 0.25) is 5.91 Å². The molecule has 2 fully saturated rings. The Kier molecular flexibility index (Phi) is 5.87. The van der Waals surface area contributed by atoms with Crippen LogP contribution in [0.2, 0.25) is 0 Å². The van der Waals surface area contributed by atoms with Gasteiger partial charge in [0.25, 0.3) is 0 Å². The van der Waals surface area contributed by atoms with Crippen molar-refractivity contribution < 1.29 is 14.6 Å². The molecule has 1 aromatic rings. The van der Waals surface area contributed by atoms with E-state index >= 15 is 0 Å². The number of likely N-dealkylation sites (tertiary alicyclic amines) is 1. The summed E-state index contributed by atoms with van der Waals surface area (Å²) < 4.78 is 5.13. The molecule has 0 radical (unpaired) electrons. The molecule has 5 heteroatoms. The number of aliphatic hydroxyl groups is 1. The van der Waals surface area contributed by atoms with Crippen LogP contribution in [0.4, 0.5) is 0 Å². The van der Waals surface area contributed by atoms with Crippen LogP contribution in [0.25, 0.3) is 0 Å². The number of benzene rings is 1. The number of nitrogens with one attached hydrogen (secondary N) is 1. The van der Waals surface area contributed by atoms with E-state index in [1.54, 1.807) is 7.11 Å². The van der Waals surface area contributed by atoms with Crippen molar-refractivity contribution in [1.82, 2.24) is 10.2 Å². The fraction of sp³-hybridized carbons (Fsp3) is 0.632. The van der Waals surface area contributed by atoms with Gasteiger partial charge in [0.15, 0.2) is 0 Å². The molecule has 5 nitrogen and oxygen atoms in total. The first kappa shape index (κ1) is 17.4. The number of amides is 1. The van der Waals surface area contributed by atoms with Gasteiger partial charge in [-0.25, -0.2) is 0 Å². The molecule has 2 aliphatic rings. The van der Waals surface area contributed by atoms with Crippen LogP contribution in [-0.2, 0) is 22.7 Å². The van der Waals surface area contributed by atoms with E-state index in [9.17, 15) is 9.90 Å². The third kappa shape index (κ3) is 4.79. The van der Waals surface area contributed by atoms with Crippen molar-refractivity contribution >= 4 is 5.91 Å². The van der Waals surface area contributed by atoms with Crippen LogP contribution in [-0.4, -0.2) is 48.3 Å². The van der Waals surface area contributed by atoms with Gasteiger partial charge in [-0.05, 0) is 55.8 Å². The van der Waals surface area contributed by atoms with Gasteiger partial charge in [-0.1, -0.05) is 24.3 Å². The van der Waals surface area contributed by atoms with Crippen molar-refractivity contribution in [2.45, 2.75) is 51.0 Å². The molecule has 0 unspecified atom stereocenters. The maximum absolute atomic E-state index is 12.0. The molecule has 1 aliphatic carbocycles. The van der Waals surface area contributed by atoms with Gasteiger partial charge < -0.3 is 15.2 Å². The summed E-state index contributed by atoms with van der Waals surface area (Å²) in [5, 5.41) is 13.1.